The highest BCUT2D eigenvalue weighted by Gasteiger charge is 2.17. The minimum atomic E-state index is -0.493. The zero-order chi connectivity index (χ0) is 12.1. The van der Waals surface area contributed by atoms with Gasteiger partial charge in [-0.15, -0.1) is 0 Å². The lowest BCUT2D eigenvalue weighted by Gasteiger charge is -2.12. The summed E-state index contributed by atoms with van der Waals surface area (Å²) in [6, 6.07) is 1.41. The Balaban J connectivity index is 2.90. The molecule has 1 unspecified atom stereocenters. The first-order chi connectivity index (χ1) is 7.54. The second kappa shape index (κ2) is 5.91. The summed E-state index contributed by atoms with van der Waals surface area (Å²) in [6.45, 7) is 1.94. The first kappa shape index (κ1) is 13.1. The van der Waals surface area contributed by atoms with Crippen molar-refractivity contribution < 1.29 is 4.92 Å². The van der Waals surface area contributed by atoms with Gasteiger partial charge in [-0.1, -0.05) is 11.6 Å². The van der Waals surface area contributed by atoms with E-state index in [-0.39, 0.29) is 22.6 Å². The average Bonchev–Trinajstić information content (AvgIpc) is 2.20. The van der Waals surface area contributed by atoms with Crippen LogP contribution in [0.5, 0.6) is 0 Å². The van der Waals surface area contributed by atoms with Crippen molar-refractivity contribution in [3.8, 4) is 0 Å². The van der Waals surface area contributed by atoms with E-state index in [2.05, 4.69) is 10.3 Å². The van der Waals surface area contributed by atoms with Gasteiger partial charge in [-0.2, -0.15) is 11.8 Å². The number of nitro groups is 1. The average molecular weight is 262 g/mol. The Kier molecular flexibility index (Phi) is 4.82. The molecule has 0 radical (unpaired) electrons. The maximum absolute atomic E-state index is 10.8. The normalized spacial score (nSPS) is 12.2. The molecule has 1 heterocycles. The summed E-state index contributed by atoms with van der Waals surface area (Å²) in [5, 5.41) is 14.0. The van der Waals surface area contributed by atoms with Crippen LogP contribution in [0.25, 0.3) is 0 Å². The Labute approximate surface area is 103 Å². The molecular weight excluding hydrogens is 250 g/mol. The molecule has 0 bridgehead atoms. The van der Waals surface area contributed by atoms with Crippen LogP contribution in [0.1, 0.15) is 6.92 Å². The van der Waals surface area contributed by atoms with E-state index in [0.717, 1.165) is 5.75 Å². The van der Waals surface area contributed by atoms with Crippen LogP contribution < -0.4 is 5.32 Å². The van der Waals surface area contributed by atoms with Crippen molar-refractivity contribution in [1.29, 1.82) is 0 Å². The lowest BCUT2D eigenvalue weighted by molar-refractivity contribution is -0.384. The molecule has 1 rings (SSSR count). The fourth-order valence-corrected chi connectivity index (χ4v) is 1.94. The van der Waals surface area contributed by atoms with Crippen molar-refractivity contribution in [3.63, 3.8) is 0 Å². The van der Waals surface area contributed by atoms with Gasteiger partial charge in [-0.3, -0.25) is 10.1 Å². The molecule has 0 aromatic carbocycles. The van der Waals surface area contributed by atoms with Crippen molar-refractivity contribution in [2.24, 2.45) is 0 Å². The van der Waals surface area contributed by atoms with Crippen molar-refractivity contribution in [2.75, 3.05) is 17.3 Å². The summed E-state index contributed by atoms with van der Waals surface area (Å²) in [4.78, 5) is 14.2. The van der Waals surface area contributed by atoms with E-state index in [9.17, 15) is 10.1 Å². The predicted octanol–water partition coefficient (Wildman–Crippen LogP) is 2.81. The van der Waals surface area contributed by atoms with Gasteiger partial charge in [0.2, 0.25) is 5.82 Å². The Morgan fingerprint density at radius 3 is 3.00 bits per heavy atom. The molecule has 0 aliphatic rings. The summed E-state index contributed by atoms with van der Waals surface area (Å²) in [7, 11) is 0. The first-order valence-electron chi connectivity index (χ1n) is 4.60. The zero-order valence-electron chi connectivity index (χ0n) is 8.94. The monoisotopic (exact) mass is 261 g/mol. The molecule has 5 nitrogen and oxygen atoms in total. The van der Waals surface area contributed by atoms with Crippen LogP contribution >= 0.6 is 23.4 Å². The summed E-state index contributed by atoms with van der Waals surface area (Å²) in [5.41, 5.74) is -0.0968. The lowest BCUT2D eigenvalue weighted by Crippen LogP contribution is -2.19. The zero-order valence-corrected chi connectivity index (χ0v) is 10.5. The standard InChI is InChI=1S/C9H12ClN3O2S/c1-6(5-16-2)12-9-8(13(14)15)3-7(10)4-11-9/h3-4,6H,5H2,1-2H3,(H,11,12). The van der Waals surface area contributed by atoms with Crippen LogP contribution in [0, 0.1) is 10.1 Å². The highest BCUT2D eigenvalue weighted by molar-refractivity contribution is 7.98. The van der Waals surface area contributed by atoms with Crippen LogP contribution in [-0.2, 0) is 0 Å². The molecule has 1 aromatic rings. The third-order valence-electron chi connectivity index (χ3n) is 1.83. The molecule has 0 spiro atoms. The molecule has 1 atom stereocenters. The van der Waals surface area contributed by atoms with Gasteiger partial charge in [0.25, 0.3) is 0 Å². The molecule has 16 heavy (non-hydrogen) atoms. The van der Waals surface area contributed by atoms with E-state index in [4.69, 9.17) is 11.6 Å². The fourth-order valence-electron chi connectivity index (χ4n) is 1.20. The summed E-state index contributed by atoms with van der Waals surface area (Å²) in [6.07, 6.45) is 3.37. The Hall–Kier alpha value is -1.01. The molecule has 1 aromatic heterocycles. The van der Waals surface area contributed by atoms with Crippen LogP contribution in [0.15, 0.2) is 12.3 Å². The number of hydrogen-bond acceptors (Lipinski definition) is 5. The number of thioether (sulfide) groups is 1. The van der Waals surface area contributed by atoms with E-state index in [1.165, 1.54) is 12.3 Å². The molecular formula is C9H12ClN3O2S. The molecule has 0 amide bonds. The number of halogens is 1. The smallest absolute Gasteiger partial charge is 0.312 e. The number of aromatic nitrogens is 1. The quantitative estimate of drug-likeness (QED) is 0.652. The molecule has 0 saturated heterocycles. The van der Waals surface area contributed by atoms with Crippen molar-refractivity contribution in [2.45, 2.75) is 13.0 Å². The van der Waals surface area contributed by atoms with E-state index in [1.807, 2.05) is 13.2 Å². The first-order valence-corrected chi connectivity index (χ1v) is 6.37. The molecule has 0 saturated carbocycles. The predicted molar refractivity (Wildman–Crippen MR) is 67.4 cm³/mol. The van der Waals surface area contributed by atoms with Crippen molar-refractivity contribution in [1.82, 2.24) is 4.98 Å². The molecule has 1 N–H and O–H groups in total. The van der Waals surface area contributed by atoms with Gasteiger partial charge in [-0.25, -0.2) is 4.98 Å². The van der Waals surface area contributed by atoms with Gasteiger partial charge in [0.05, 0.1) is 9.95 Å². The third kappa shape index (κ3) is 3.53. The van der Waals surface area contributed by atoms with Crippen LogP contribution in [0.4, 0.5) is 11.5 Å². The summed E-state index contributed by atoms with van der Waals surface area (Å²) >= 11 is 7.32. The fraction of sp³-hybridized carbons (Fsp3) is 0.444. The van der Waals surface area contributed by atoms with Gasteiger partial charge in [0.15, 0.2) is 0 Å². The lowest BCUT2D eigenvalue weighted by atomic mass is 10.3. The third-order valence-corrected chi connectivity index (χ3v) is 2.87. The topological polar surface area (TPSA) is 68.1 Å². The van der Waals surface area contributed by atoms with Crippen LogP contribution in [0.2, 0.25) is 5.02 Å². The Morgan fingerprint density at radius 2 is 2.44 bits per heavy atom. The molecule has 0 aliphatic heterocycles. The molecule has 7 heteroatoms. The highest BCUT2D eigenvalue weighted by atomic mass is 35.5. The van der Waals surface area contributed by atoms with E-state index in [0.29, 0.717) is 0 Å². The molecule has 0 fully saturated rings. The maximum atomic E-state index is 10.8. The number of anilines is 1. The Morgan fingerprint density at radius 1 is 1.75 bits per heavy atom. The van der Waals surface area contributed by atoms with Crippen LogP contribution in [-0.4, -0.2) is 28.0 Å². The van der Waals surface area contributed by atoms with Gasteiger partial charge < -0.3 is 5.32 Å². The largest absolute Gasteiger partial charge is 0.361 e. The minimum Gasteiger partial charge on any atom is -0.361 e. The highest BCUT2D eigenvalue weighted by Crippen LogP contribution is 2.25. The molecule has 0 aliphatic carbocycles. The van der Waals surface area contributed by atoms with Crippen molar-refractivity contribution in [3.05, 3.63) is 27.4 Å². The number of pyridine rings is 1. The Bertz CT molecular complexity index is 389. The van der Waals surface area contributed by atoms with Gasteiger partial charge in [0, 0.05) is 24.1 Å². The van der Waals surface area contributed by atoms with Gasteiger partial charge in [-0.05, 0) is 13.2 Å². The van der Waals surface area contributed by atoms with E-state index in [1.54, 1.807) is 11.8 Å². The van der Waals surface area contributed by atoms with E-state index >= 15 is 0 Å². The summed E-state index contributed by atoms with van der Waals surface area (Å²) in [5.74, 6) is 1.11. The number of hydrogen-bond donors (Lipinski definition) is 1. The van der Waals surface area contributed by atoms with Crippen LogP contribution in [0.3, 0.4) is 0 Å². The summed E-state index contributed by atoms with van der Waals surface area (Å²) < 4.78 is 0. The minimum absolute atomic E-state index is 0.0968. The molecule has 88 valence electrons. The SMILES string of the molecule is CSCC(C)Nc1ncc(Cl)cc1[N+](=O)[O-]. The second-order valence-electron chi connectivity index (χ2n) is 3.28. The van der Waals surface area contributed by atoms with E-state index < -0.39 is 4.92 Å². The second-order valence-corrected chi connectivity index (χ2v) is 4.63. The number of nitrogens with zero attached hydrogens (tertiary/aromatic N) is 2. The number of rotatable bonds is 5. The van der Waals surface area contributed by atoms with Gasteiger partial charge in [0.1, 0.15) is 0 Å². The maximum Gasteiger partial charge on any atom is 0.312 e. The van der Waals surface area contributed by atoms with Gasteiger partial charge >= 0.3 is 5.69 Å². The van der Waals surface area contributed by atoms with Crippen molar-refractivity contribution >= 4 is 34.9 Å². The number of nitrogens with one attached hydrogen (secondary N) is 1.